The van der Waals surface area contributed by atoms with Crippen LogP contribution in [0.25, 0.3) is 10.9 Å². The number of aromatic amines is 1. The van der Waals surface area contributed by atoms with Gasteiger partial charge in [-0.15, -0.1) is 0 Å². The van der Waals surface area contributed by atoms with E-state index < -0.39 is 0 Å². The molecule has 1 aliphatic carbocycles. The molecule has 26 heavy (non-hydrogen) atoms. The third-order valence-electron chi connectivity index (χ3n) is 5.53. The van der Waals surface area contributed by atoms with E-state index in [1.54, 1.807) is 0 Å². The van der Waals surface area contributed by atoms with Crippen LogP contribution in [0, 0.1) is 6.92 Å². The normalized spacial score (nSPS) is 16.5. The summed E-state index contributed by atoms with van der Waals surface area (Å²) in [7, 11) is 0. The summed E-state index contributed by atoms with van der Waals surface area (Å²) in [6, 6.07) is 17.1. The number of aryl methyl sites for hydroxylation is 2. The molecule has 1 aliphatic rings. The molecule has 0 spiro atoms. The molecule has 1 N–H and O–H groups in total. The third kappa shape index (κ3) is 3.03. The number of carbonyl (C=O) groups excluding carboxylic acids is 1. The van der Waals surface area contributed by atoms with Gasteiger partial charge in [0.25, 0.3) is 0 Å². The van der Waals surface area contributed by atoms with Crippen LogP contribution >= 0.6 is 0 Å². The van der Waals surface area contributed by atoms with Crippen molar-refractivity contribution in [3.8, 4) is 0 Å². The Balaban J connectivity index is 1.76. The van der Waals surface area contributed by atoms with Gasteiger partial charge >= 0.3 is 0 Å². The van der Waals surface area contributed by atoms with Crippen LogP contribution in [0.3, 0.4) is 0 Å². The first-order valence-corrected chi connectivity index (χ1v) is 9.62. The van der Waals surface area contributed by atoms with Crippen molar-refractivity contribution in [1.82, 2.24) is 9.88 Å². The maximum Gasteiger partial charge on any atom is 0.223 e. The topological polar surface area (TPSA) is 36.1 Å². The van der Waals surface area contributed by atoms with E-state index in [2.05, 4.69) is 47.1 Å². The average Bonchev–Trinajstić information content (AvgIpc) is 3.04. The number of fused-ring (bicyclic) bond motifs is 3. The minimum atomic E-state index is 0.138. The van der Waals surface area contributed by atoms with Crippen LogP contribution in [0.15, 0.2) is 48.5 Å². The number of benzene rings is 2. The molecule has 1 amide bonds. The summed E-state index contributed by atoms with van der Waals surface area (Å²) in [6.07, 6.45) is 3.78. The van der Waals surface area contributed by atoms with Gasteiger partial charge in [0.1, 0.15) is 0 Å². The molecule has 1 aromatic heterocycles. The minimum absolute atomic E-state index is 0.138. The predicted molar refractivity (Wildman–Crippen MR) is 106 cm³/mol. The van der Waals surface area contributed by atoms with Crippen LogP contribution in [0.4, 0.5) is 0 Å². The van der Waals surface area contributed by atoms with E-state index in [1.165, 1.54) is 33.3 Å². The Morgan fingerprint density at radius 3 is 2.77 bits per heavy atom. The maximum absolute atomic E-state index is 12.8. The highest BCUT2D eigenvalue weighted by molar-refractivity contribution is 5.86. The van der Waals surface area contributed by atoms with Gasteiger partial charge in [-0.3, -0.25) is 4.79 Å². The largest absolute Gasteiger partial charge is 0.356 e. The van der Waals surface area contributed by atoms with Crippen molar-refractivity contribution >= 4 is 16.8 Å². The number of nitrogens with zero attached hydrogens (tertiary/aromatic N) is 1. The summed E-state index contributed by atoms with van der Waals surface area (Å²) in [5.41, 5.74) is 6.31. The van der Waals surface area contributed by atoms with E-state index >= 15 is 0 Å². The lowest BCUT2D eigenvalue weighted by molar-refractivity contribution is -0.134. The highest BCUT2D eigenvalue weighted by Gasteiger charge is 2.31. The second-order valence-corrected chi connectivity index (χ2v) is 7.34. The fourth-order valence-electron chi connectivity index (χ4n) is 4.22. The maximum atomic E-state index is 12.8. The van der Waals surface area contributed by atoms with Gasteiger partial charge in [0.15, 0.2) is 0 Å². The lowest BCUT2D eigenvalue weighted by atomic mass is 9.90. The molecular formula is C23H26N2O. The number of H-pyrrole nitrogens is 1. The smallest absolute Gasteiger partial charge is 0.223 e. The second-order valence-electron chi connectivity index (χ2n) is 7.34. The van der Waals surface area contributed by atoms with Crippen molar-refractivity contribution < 1.29 is 4.79 Å². The molecule has 0 saturated heterocycles. The molecule has 0 aliphatic heterocycles. The lowest BCUT2D eigenvalue weighted by Crippen LogP contribution is -2.35. The van der Waals surface area contributed by atoms with Crippen molar-refractivity contribution in [2.24, 2.45) is 0 Å². The SMILES string of the molecule is CCC(=O)N(Cc1ccccc1)C1CCCc2c1[nH]c1ccc(C)cc21. The summed E-state index contributed by atoms with van der Waals surface area (Å²) >= 11 is 0. The van der Waals surface area contributed by atoms with Crippen LogP contribution in [-0.2, 0) is 17.8 Å². The van der Waals surface area contributed by atoms with Crippen LogP contribution in [0.5, 0.6) is 0 Å². The van der Waals surface area contributed by atoms with Gasteiger partial charge in [0.2, 0.25) is 5.91 Å². The van der Waals surface area contributed by atoms with Crippen molar-refractivity contribution in [3.05, 3.63) is 70.9 Å². The Hall–Kier alpha value is -2.55. The van der Waals surface area contributed by atoms with Gasteiger partial charge < -0.3 is 9.88 Å². The Bertz CT molecular complexity index is 926. The Morgan fingerprint density at radius 1 is 1.19 bits per heavy atom. The molecule has 0 radical (unpaired) electrons. The number of nitrogens with one attached hydrogen (secondary N) is 1. The van der Waals surface area contributed by atoms with E-state index in [0.29, 0.717) is 13.0 Å². The first-order valence-electron chi connectivity index (χ1n) is 9.62. The highest BCUT2D eigenvalue weighted by atomic mass is 16.2. The van der Waals surface area contributed by atoms with Gasteiger partial charge in [-0.2, -0.15) is 0 Å². The molecule has 0 bridgehead atoms. The fraction of sp³-hybridized carbons (Fsp3) is 0.348. The van der Waals surface area contributed by atoms with E-state index in [-0.39, 0.29) is 11.9 Å². The van der Waals surface area contributed by atoms with E-state index in [9.17, 15) is 4.79 Å². The predicted octanol–water partition coefficient (Wildman–Crippen LogP) is 5.29. The van der Waals surface area contributed by atoms with E-state index in [1.807, 2.05) is 25.1 Å². The molecule has 2 aromatic carbocycles. The van der Waals surface area contributed by atoms with Gasteiger partial charge in [-0.05, 0) is 49.4 Å². The molecule has 4 rings (SSSR count). The number of carbonyl (C=O) groups is 1. The number of amides is 1. The van der Waals surface area contributed by atoms with Crippen molar-refractivity contribution in [2.45, 2.75) is 52.1 Å². The molecule has 0 saturated carbocycles. The molecule has 0 fully saturated rings. The molecule has 3 nitrogen and oxygen atoms in total. The lowest BCUT2D eigenvalue weighted by Gasteiger charge is -2.34. The van der Waals surface area contributed by atoms with Gasteiger partial charge in [-0.25, -0.2) is 0 Å². The second kappa shape index (κ2) is 6.99. The summed E-state index contributed by atoms with van der Waals surface area (Å²) < 4.78 is 0. The Kier molecular flexibility index (Phi) is 4.54. The van der Waals surface area contributed by atoms with Crippen molar-refractivity contribution in [3.63, 3.8) is 0 Å². The van der Waals surface area contributed by atoms with E-state index in [4.69, 9.17) is 0 Å². The van der Waals surface area contributed by atoms with Crippen LogP contribution < -0.4 is 0 Å². The van der Waals surface area contributed by atoms with Crippen LogP contribution in [-0.4, -0.2) is 15.8 Å². The van der Waals surface area contributed by atoms with Crippen molar-refractivity contribution in [2.75, 3.05) is 0 Å². The Labute approximate surface area is 155 Å². The highest BCUT2D eigenvalue weighted by Crippen LogP contribution is 2.39. The fourth-order valence-corrected chi connectivity index (χ4v) is 4.22. The number of hydrogen-bond donors (Lipinski definition) is 1. The molecule has 134 valence electrons. The summed E-state index contributed by atoms with van der Waals surface area (Å²) in [5.74, 6) is 0.224. The van der Waals surface area contributed by atoms with Gasteiger partial charge in [0, 0.05) is 29.6 Å². The number of aromatic nitrogens is 1. The monoisotopic (exact) mass is 346 g/mol. The zero-order chi connectivity index (χ0) is 18.1. The van der Waals surface area contributed by atoms with Crippen molar-refractivity contribution in [1.29, 1.82) is 0 Å². The van der Waals surface area contributed by atoms with E-state index in [0.717, 1.165) is 19.3 Å². The molecule has 3 heteroatoms. The standard InChI is InChI=1S/C23H26N2O/c1-3-22(26)25(15-17-8-5-4-6-9-17)21-11-7-10-18-19-14-16(2)12-13-20(19)24-23(18)21/h4-6,8-9,12-14,21,24H,3,7,10-11,15H2,1-2H3. The van der Waals surface area contributed by atoms with Crippen LogP contribution in [0.2, 0.25) is 0 Å². The average molecular weight is 346 g/mol. The molecule has 1 heterocycles. The zero-order valence-corrected chi connectivity index (χ0v) is 15.6. The number of rotatable bonds is 4. The van der Waals surface area contributed by atoms with Gasteiger partial charge in [0.05, 0.1) is 6.04 Å². The molecule has 1 unspecified atom stereocenters. The summed E-state index contributed by atoms with van der Waals surface area (Å²) in [4.78, 5) is 18.5. The van der Waals surface area contributed by atoms with Gasteiger partial charge in [-0.1, -0.05) is 48.9 Å². The Morgan fingerprint density at radius 2 is 2.00 bits per heavy atom. The molecule has 1 atom stereocenters. The minimum Gasteiger partial charge on any atom is -0.356 e. The number of hydrogen-bond acceptors (Lipinski definition) is 1. The zero-order valence-electron chi connectivity index (χ0n) is 15.6. The quantitative estimate of drug-likeness (QED) is 0.684. The summed E-state index contributed by atoms with van der Waals surface area (Å²) in [6.45, 7) is 4.77. The molecule has 3 aromatic rings. The van der Waals surface area contributed by atoms with Crippen LogP contribution in [0.1, 0.15) is 54.6 Å². The summed E-state index contributed by atoms with van der Waals surface area (Å²) in [5, 5.41) is 1.33. The first-order chi connectivity index (χ1) is 12.7. The first kappa shape index (κ1) is 16.9. The third-order valence-corrected chi connectivity index (χ3v) is 5.53. The molecular weight excluding hydrogens is 320 g/mol.